The zero-order valence-corrected chi connectivity index (χ0v) is 15.2. The molecule has 2 aromatic rings. The van der Waals surface area contributed by atoms with Gasteiger partial charge in [0, 0.05) is 37.1 Å². The Morgan fingerprint density at radius 2 is 1.92 bits per heavy atom. The monoisotopic (exact) mass is 338 g/mol. The molecular weight excluding hydrogens is 312 g/mol. The van der Waals surface area contributed by atoms with Gasteiger partial charge in [0.25, 0.3) is 5.91 Å². The first-order valence-corrected chi connectivity index (χ1v) is 8.83. The second kappa shape index (κ2) is 7.70. The normalized spacial score (nSPS) is 17.4. The summed E-state index contributed by atoms with van der Waals surface area (Å²) in [5.74, 6) is -0.0670. The van der Waals surface area contributed by atoms with Crippen molar-refractivity contribution >= 4 is 17.3 Å². The van der Waals surface area contributed by atoms with Crippen LogP contribution in [-0.2, 0) is 4.74 Å². The molecule has 1 fully saturated rings. The minimum absolute atomic E-state index is 0.0670. The summed E-state index contributed by atoms with van der Waals surface area (Å²) < 4.78 is 5.49. The fraction of sp³-hybridized carbons (Fsp3) is 0.381. The van der Waals surface area contributed by atoms with Gasteiger partial charge in [-0.2, -0.15) is 0 Å². The van der Waals surface area contributed by atoms with Crippen LogP contribution in [0.5, 0.6) is 0 Å². The standard InChI is InChI=1S/C21H26N2O2/c1-15-6-11-20(16(2)13-15)21(24)22-17-7-9-18(10-8-17)23-12-4-5-19(14-23)25-3/h6-11,13,19H,4-5,12,14H2,1-3H3,(H,22,24). The maximum absolute atomic E-state index is 12.5. The average molecular weight is 338 g/mol. The fourth-order valence-electron chi connectivity index (χ4n) is 3.39. The van der Waals surface area contributed by atoms with E-state index >= 15 is 0 Å². The van der Waals surface area contributed by atoms with Crippen LogP contribution < -0.4 is 10.2 Å². The number of piperidine rings is 1. The van der Waals surface area contributed by atoms with Crippen LogP contribution in [0.25, 0.3) is 0 Å². The first-order chi connectivity index (χ1) is 12.1. The third-order valence-corrected chi connectivity index (χ3v) is 4.83. The largest absolute Gasteiger partial charge is 0.380 e. The van der Waals surface area contributed by atoms with Gasteiger partial charge in [-0.3, -0.25) is 4.79 Å². The van der Waals surface area contributed by atoms with Gasteiger partial charge in [0.2, 0.25) is 0 Å². The van der Waals surface area contributed by atoms with Gasteiger partial charge in [0.1, 0.15) is 0 Å². The van der Waals surface area contributed by atoms with Crippen LogP contribution in [0.15, 0.2) is 42.5 Å². The van der Waals surface area contributed by atoms with Crippen LogP contribution >= 0.6 is 0 Å². The van der Waals surface area contributed by atoms with Crippen molar-refractivity contribution in [1.82, 2.24) is 0 Å². The third kappa shape index (κ3) is 4.20. The SMILES string of the molecule is COC1CCCN(c2ccc(NC(=O)c3ccc(C)cc3C)cc2)C1. The van der Waals surface area contributed by atoms with Crippen molar-refractivity contribution in [3.8, 4) is 0 Å². The summed E-state index contributed by atoms with van der Waals surface area (Å²) in [5.41, 5.74) is 4.86. The van der Waals surface area contributed by atoms with Crippen LogP contribution in [0.2, 0.25) is 0 Å². The van der Waals surface area contributed by atoms with Gasteiger partial charge in [0.05, 0.1) is 6.10 Å². The summed E-state index contributed by atoms with van der Waals surface area (Å²) in [6, 6.07) is 13.9. The molecule has 1 amide bonds. The second-order valence-corrected chi connectivity index (χ2v) is 6.77. The Morgan fingerprint density at radius 3 is 2.60 bits per heavy atom. The van der Waals surface area contributed by atoms with Crippen molar-refractivity contribution in [2.45, 2.75) is 32.8 Å². The highest BCUT2D eigenvalue weighted by molar-refractivity contribution is 6.05. The molecule has 4 nitrogen and oxygen atoms in total. The molecule has 2 aromatic carbocycles. The molecule has 132 valence electrons. The number of hydrogen-bond acceptors (Lipinski definition) is 3. The molecule has 1 heterocycles. The highest BCUT2D eigenvalue weighted by Crippen LogP contribution is 2.23. The van der Waals surface area contributed by atoms with E-state index in [1.807, 2.05) is 44.2 Å². The number of carbonyl (C=O) groups is 1. The number of hydrogen-bond donors (Lipinski definition) is 1. The summed E-state index contributed by atoms with van der Waals surface area (Å²) >= 11 is 0. The molecule has 1 aliphatic heterocycles. The lowest BCUT2D eigenvalue weighted by molar-refractivity contribution is 0.0893. The van der Waals surface area contributed by atoms with E-state index in [-0.39, 0.29) is 5.91 Å². The number of aryl methyl sites for hydroxylation is 2. The third-order valence-electron chi connectivity index (χ3n) is 4.83. The minimum Gasteiger partial charge on any atom is -0.380 e. The van der Waals surface area contributed by atoms with E-state index in [2.05, 4.69) is 22.3 Å². The van der Waals surface area contributed by atoms with Gasteiger partial charge in [0.15, 0.2) is 0 Å². The summed E-state index contributed by atoms with van der Waals surface area (Å²) in [6.45, 7) is 5.97. The highest BCUT2D eigenvalue weighted by Gasteiger charge is 2.19. The van der Waals surface area contributed by atoms with Crippen LogP contribution in [-0.4, -0.2) is 32.2 Å². The van der Waals surface area contributed by atoms with Gasteiger partial charge in [-0.15, -0.1) is 0 Å². The summed E-state index contributed by atoms with van der Waals surface area (Å²) in [5, 5.41) is 2.99. The number of nitrogens with zero attached hydrogens (tertiary/aromatic N) is 1. The van der Waals surface area contributed by atoms with E-state index in [0.29, 0.717) is 11.7 Å². The molecule has 0 aliphatic carbocycles. The molecule has 1 unspecified atom stereocenters. The number of rotatable bonds is 4. The van der Waals surface area contributed by atoms with Gasteiger partial charge in [-0.25, -0.2) is 0 Å². The molecular formula is C21H26N2O2. The number of amides is 1. The summed E-state index contributed by atoms with van der Waals surface area (Å²) in [7, 11) is 1.78. The van der Waals surface area contributed by atoms with Crippen molar-refractivity contribution in [3.05, 3.63) is 59.2 Å². The van der Waals surface area contributed by atoms with Crippen LogP contribution in [0.3, 0.4) is 0 Å². The van der Waals surface area contributed by atoms with Crippen molar-refractivity contribution < 1.29 is 9.53 Å². The summed E-state index contributed by atoms with van der Waals surface area (Å²) in [4.78, 5) is 14.8. The van der Waals surface area contributed by atoms with Gasteiger partial charge in [-0.1, -0.05) is 17.7 Å². The van der Waals surface area contributed by atoms with E-state index in [4.69, 9.17) is 4.74 Å². The fourth-order valence-corrected chi connectivity index (χ4v) is 3.39. The second-order valence-electron chi connectivity index (χ2n) is 6.77. The van der Waals surface area contributed by atoms with Crippen molar-refractivity contribution in [1.29, 1.82) is 0 Å². The molecule has 4 heteroatoms. The average Bonchev–Trinajstić information content (AvgIpc) is 2.62. The van der Waals surface area contributed by atoms with Gasteiger partial charge in [-0.05, 0) is 62.6 Å². The Balaban J connectivity index is 1.67. The highest BCUT2D eigenvalue weighted by atomic mass is 16.5. The minimum atomic E-state index is -0.0670. The van der Waals surface area contributed by atoms with E-state index in [0.717, 1.165) is 42.7 Å². The first-order valence-electron chi connectivity index (χ1n) is 8.83. The predicted molar refractivity (Wildman–Crippen MR) is 103 cm³/mol. The number of nitrogens with one attached hydrogen (secondary N) is 1. The van der Waals surface area contributed by atoms with Crippen molar-refractivity contribution in [2.24, 2.45) is 0 Å². The molecule has 0 aromatic heterocycles. The molecule has 1 atom stereocenters. The number of carbonyl (C=O) groups excluding carboxylic acids is 1. The Morgan fingerprint density at radius 1 is 1.16 bits per heavy atom. The quantitative estimate of drug-likeness (QED) is 0.910. The number of ether oxygens (including phenoxy) is 1. The molecule has 0 bridgehead atoms. The van der Waals surface area contributed by atoms with Crippen molar-refractivity contribution in [2.75, 3.05) is 30.4 Å². The topological polar surface area (TPSA) is 41.6 Å². The molecule has 1 saturated heterocycles. The molecule has 0 saturated carbocycles. The maximum atomic E-state index is 12.5. The Labute approximate surface area is 149 Å². The lowest BCUT2D eigenvalue weighted by Crippen LogP contribution is -2.39. The molecule has 25 heavy (non-hydrogen) atoms. The zero-order valence-electron chi connectivity index (χ0n) is 15.2. The number of methoxy groups -OCH3 is 1. The van der Waals surface area contributed by atoms with E-state index in [1.165, 1.54) is 5.69 Å². The predicted octanol–water partition coefficient (Wildman–Crippen LogP) is 4.17. The van der Waals surface area contributed by atoms with E-state index in [9.17, 15) is 4.79 Å². The lowest BCUT2D eigenvalue weighted by Gasteiger charge is -2.33. The molecule has 0 spiro atoms. The number of benzene rings is 2. The summed E-state index contributed by atoms with van der Waals surface area (Å²) in [6.07, 6.45) is 2.57. The van der Waals surface area contributed by atoms with Crippen molar-refractivity contribution in [3.63, 3.8) is 0 Å². The molecule has 0 radical (unpaired) electrons. The molecule has 1 aliphatic rings. The van der Waals surface area contributed by atoms with Gasteiger partial charge >= 0.3 is 0 Å². The Kier molecular flexibility index (Phi) is 5.39. The van der Waals surface area contributed by atoms with E-state index < -0.39 is 0 Å². The van der Waals surface area contributed by atoms with Crippen LogP contribution in [0, 0.1) is 13.8 Å². The Hall–Kier alpha value is -2.33. The molecule has 3 rings (SSSR count). The zero-order chi connectivity index (χ0) is 17.8. The number of anilines is 2. The van der Waals surface area contributed by atoms with Crippen LogP contribution in [0.4, 0.5) is 11.4 Å². The Bertz CT molecular complexity index is 740. The van der Waals surface area contributed by atoms with E-state index in [1.54, 1.807) is 7.11 Å². The maximum Gasteiger partial charge on any atom is 0.255 e. The first kappa shape index (κ1) is 17.5. The molecule has 1 N–H and O–H groups in total. The smallest absolute Gasteiger partial charge is 0.255 e. The lowest BCUT2D eigenvalue weighted by atomic mass is 10.1. The van der Waals surface area contributed by atoms with Gasteiger partial charge < -0.3 is 15.0 Å². The van der Waals surface area contributed by atoms with Crippen LogP contribution in [0.1, 0.15) is 34.3 Å².